The highest BCUT2D eigenvalue weighted by atomic mass is 35.5. The van der Waals surface area contributed by atoms with Gasteiger partial charge in [0.25, 0.3) is 11.8 Å². The van der Waals surface area contributed by atoms with E-state index in [1.54, 1.807) is 59.9 Å². The Balaban J connectivity index is 0.000000167. The molecular formula is C42H30ClFN4O4S2. The van der Waals surface area contributed by atoms with E-state index in [2.05, 4.69) is 17.0 Å². The fourth-order valence-electron chi connectivity index (χ4n) is 5.75. The standard InChI is InChI=1S/C21H15ClN2O2S.C21H15FN2O2S/c1-26-24-21(25)14-9-10-19-17(12-14)23-20(13-5-4-6-15(22)11-13)16-7-2-3-8-18(16)27-19;1-26-24-21(25)14-8-11-19-17(12-14)23-20(13-6-9-15(22)10-7-13)16-4-2-3-5-18(16)27-19/h2*2-12H,1H3,(H,24,25). The summed E-state index contributed by atoms with van der Waals surface area (Å²) in [4.78, 5) is 47.5. The molecule has 268 valence electrons. The number of hydroxylamine groups is 2. The van der Waals surface area contributed by atoms with Crippen LogP contribution in [0.4, 0.5) is 15.8 Å². The van der Waals surface area contributed by atoms with Gasteiger partial charge in [0.2, 0.25) is 0 Å². The van der Waals surface area contributed by atoms with Gasteiger partial charge >= 0.3 is 0 Å². The van der Waals surface area contributed by atoms with Crippen molar-refractivity contribution in [1.29, 1.82) is 0 Å². The molecule has 2 aliphatic heterocycles. The Labute approximate surface area is 324 Å². The van der Waals surface area contributed by atoms with Gasteiger partial charge in [-0.2, -0.15) is 0 Å². The van der Waals surface area contributed by atoms with Crippen molar-refractivity contribution in [2.24, 2.45) is 9.98 Å². The number of aliphatic imine (C=N–C) groups is 2. The summed E-state index contributed by atoms with van der Waals surface area (Å²) in [5.41, 5.74) is 12.3. The van der Waals surface area contributed by atoms with Gasteiger partial charge in [-0.15, -0.1) is 0 Å². The van der Waals surface area contributed by atoms with Crippen molar-refractivity contribution in [1.82, 2.24) is 11.0 Å². The summed E-state index contributed by atoms with van der Waals surface area (Å²) in [5.74, 6) is -0.952. The Kier molecular flexibility index (Phi) is 11.3. The zero-order valence-electron chi connectivity index (χ0n) is 28.8. The maximum atomic E-state index is 13.4. The van der Waals surface area contributed by atoms with E-state index in [1.807, 2.05) is 78.9 Å². The zero-order chi connectivity index (χ0) is 37.6. The summed E-state index contributed by atoms with van der Waals surface area (Å²) in [6.07, 6.45) is 0. The molecule has 8 nitrogen and oxygen atoms in total. The van der Waals surface area contributed by atoms with Crippen LogP contribution in [0.15, 0.2) is 163 Å². The molecule has 2 amide bonds. The van der Waals surface area contributed by atoms with Crippen LogP contribution in [0.3, 0.4) is 0 Å². The van der Waals surface area contributed by atoms with Crippen LogP contribution in [0.1, 0.15) is 43.0 Å². The smallest absolute Gasteiger partial charge is 0.274 e. The molecule has 8 rings (SSSR count). The third-order valence-electron chi connectivity index (χ3n) is 8.24. The van der Waals surface area contributed by atoms with Crippen LogP contribution in [-0.4, -0.2) is 37.5 Å². The zero-order valence-corrected chi connectivity index (χ0v) is 31.2. The molecule has 0 saturated heterocycles. The minimum atomic E-state index is -0.342. The van der Waals surface area contributed by atoms with Crippen LogP contribution in [-0.2, 0) is 9.68 Å². The molecule has 0 saturated carbocycles. The fourth-order valence-corrected chi connectivity index (χ4v) is 7.95. The number of fused-ring (bicyclic) bond motifs is 4. The summed E-state index contributed by atoms with van der Waals surface area (Å²) >= 11 is 9.42. The fraction of sp³-hybridized carbons (Fsp3) is 0.0476. The quantitative estimate of drug-likeness (QED) is 0.163. The Hall–Kier alpha value is -5.56. The lowest BCUT2D eigenvalue weighted by molar-refractivity contribution is 0.0533. The molecule has 2 N–H and O–H groups in total. The van der Waals surface area contributed by atoms with Crippen molar-refractivity contribution in [3.05, 3.63) is 178 Å². The van der Waals surface area contributed by atoms with Gasteiger partial charge in [-0.3, -0.25) is 19.3 Å². The van der Waals surface area contributed by atoms with Crippen molar-refractivity contribution in [2.45, 2.75) is 19.6 Å². The first-order valence-corrected chi connectivity index (χ1v) is 18.5. The van der Waals surface area contributed by atoms with Gasteiger partial charge in [-0.1, -0.05) is 83.7 Å². The molecule has 0 aliphatic carbocycles. The van der Waals surface area contributed by atoms with Crippen LogP contribution in [0, 0.1) is 5.82 Å². The number of benzene rings is 6. The average Bonchev–Trinajstić information content (AvgIpc) is 3.46. The minimum absolute atomic E-state index is 0.297. The number of halogens is 2. The van der Waals surface area contributed by atoms with E-state index < -0.39 is 0 Å². The highest BCUT2D eigenvalue weighted by molar-refractivity contribution is 7.99. The highest BCUT2D eigenvalue weighted by Crippen LogP contribution is 2.43. The van der Waals surface area contributed by atoms with Crippen molar-refractivity contribution >= 4 is 69.7 Å². The molecule has 0 aromatic heterocycles. The first kappa shape index (κ1) is 36.8. The highest BCUT2D eigenvalue weighted by Gasteiger charge is 2.22. The average molecular weight is 773 g/mol. The van der Waals surface area contributed by atoms with Crippen LogP contribution >= 0.6 is 35.1 Å². The number of hydrogen-bond acceptors (Lipinski definition) is 8. The lowest BCUT2D eigenvalue weighted by Crippen LogP contribution is -2.21. The predicted molar refractivity (Wildman–Crippen MR) is 211 cm³/mol. The summed E-state index contributed by atoms with van der Waals surface area (Å²) in [5, 5.41) is 0.651. The number of amides is 2. The van der Waals surface area contributed by atoms with Crippen LogP contribution < -0.4 is 11.0 Å². The van der Waals surface area contributed by atoms with E-state index in [4.69, 9.17) is 31.3 Å². The van der Waals surface area contributed by atoms with Crippen LogP contribution in [0.5, 0.6) is 0 Å². The summed E-state index contributed by atoms with van der Waals surface area (Å²) in [6.45, 7) is 0. The Bertz CT molecular complexity index is 2460. The largest absolute Gasteiger partial charge is 0.277 e. The molecule has 12 heteroatoms. The maximum absolute atomic E-state index is 13.4. The van der Waals surface area contributed by atoms with E-state index in [1.165, 1.54) is 26.4 Å². The van der Waals surface area contributed by atoms with Gasteiger partial charge in [-0.05, 0) is 84.9 Å². The normalized spacial score (nSPS) is 12.4. The second-order valence-corrected chi connectivity index (χ2v) is 14.4. The Morgan fingerprint density at radius 3 is 1.57 bits per heavy atom. The van der Waals surface area contributed by atoms with Gasteiger partial charge in [0.1, 0.15) is 5.82 Å². The predicted octanol–water partition coefficient (Wildman–Crippen LogP) is 10.0. The first-order chi connectivity index (χ1) is 26.3. The van der Waals surface area contributed by atoms with Crippen molar-refractivity contribution in [2.75, 3.05) is 14.2 Å². The van der Waals surface area contributed by atoms with Gasteiger partial charge in [0, 0.05) is 58.0 Å². The monoisotopic (exact) mass is 772 g/mol. The summed E-state index contributed by atoms with van der Waals surface area (Å²) < 4.78 is 13.4. The van der Waals surface area contributed by atoms with Gasteiger partial charge in [0.05, 0.1) is 37.0 Å². The van der Waals surface area contributed by atoms with Crippen molar-refractivity contribution in [3.8, 4) is 0 Å². The summed E-state index contributed by atoms with van der Waals surface area (Å²) in [7, 11) is 2.79. The van der Waals surface area contributed by atoms with E-state index in [9.17, 15) is 14.0 Å². The minimum Gasteiger partial charge on any atom is -0.277 e. The van der Waals surface area contributed by atoms with Crippen molar-refractivity contribution < 1.29 is 23.7 Å². The third-order valence-corrected chi connectivity index (χ3v) is 10.8. The molecule has 6 aromatic carbocycles. The van der Waals surface area contributed by atoms with E-state index in [0.29, 0.717) is 21.8 Å². The third kappa shape index (κ3) is 8.15. The second-order valence-electron chi connectivity index (χ2n) is 11.8. The van der Waals surface area contributed by atoms with E-state index in [-0.39, 0.29) is 17.6 Å². The number of rotatable bonds is 6. The molecule has 0 unspecified atom stereocenters. The van der Waals surface area contributed by atoms with Crippen molar-refractivity contribution in [3.63, 3.8) is 0 Å². The molecule has 0 spiro atoms. The van der Waals surface area contributed by atoms with E-state index in [0.717, 1.165) is 58.9 Å². The van der Waals surface area contributed by atoms with Crippen LogP contribution in [0.2, 0.25) is 5.02 Å². The molecule has 2 heterocycles. The lowest BCUT2D eigenvalue weighted by atomic mass is 10.0. The number of carbonyl (C=O) groups excluding carboxylic acids is 2. The molecule has 2 aliphatic rings. The number of nitrogens with one attached hydrogen (secondary N) is 2. The molecule has 0 bridgehead atoms. The van der Waals surface area contributed by atoms with Gasteiger partial charge < -0.3 is 0 Å². The van der Waals surface area contributed by atoms with Gasteiger partial charge in [0.15, 0.2) is 0 Å². The maximum Gasteiger partial charge on any atom is 0.274 e. The number of nitrogens with zero attached hydrogens (tertiary/aromatic N) is 2. The molecule has 6 aromatic rings. The Morgan fingerprint density at radius 1 is 0.574 bits per heavy atom. The molecule has 54 heavy (non-hydrogen) atoms. The van der Waals surface area contributed by atoms with Crippen LogP contribution in [0.25, 0.3) is 0 Å². The molecular weight excluding hydrogens is 743 g/mol. The number of carbonyl (C=O) groups is 2. The Morgan fingerprint density at radius 2 is 1.07 bits per heavy atom. The topological polar surface area (TPSA) is 101 Å². The second kappa shape index (κ2) is 16.6. The summed E-state index contributed by atoms with van der Waals surface area (Å²) in [6, 6.07) is 40.7. The molecule has 0 radical (unpaired) electrons. The van der Waals surface area contributed by atoms with Gasteiger partial charge in [-0.25, -0.2) is 25.3 Å². The molecule has 0 atom stereocenters. The SMILES string of the molecule is CONC(=O)c1ccc2c(c1)N=C(c1ccc(F)cc1)c1ccccc1S2.CONC(=O)c1ccc2c(c1)N=C(c1cccc(Cl)c1)c1ccccc1S2. The lowest BCUT2D eigenvalue weighted by Gasteiger charge is -2.09. The van der Waals surface area contributed by atoms with E-state index >= 15 is 0 Å². The number of hydrogen-bond donors (Lipinski definition) is 2. The molecule has 0 fully saturated rings. The first-order valence-electron chi connectivity index (χ1n) is 16.5.